The number of hydrogen-bond donors (Lipinski definition) is 3. The van der Waals surface area contributed by atoms with Crippen molar-refractivity contribution >= 4 is 23.7 Å². The molecule has 68 valence electrons. The molecular formula is C6H9NO4S. The second-order valence-corrected chi connectivity index (χ2v) is 3.56. The fourth-order valence-electron chi connectivity index (χ4n) is 0.928. The highest BCUT2D eigenvalue weighted by molar-refractivity contribution is 7.99. The number of nitrogens with one attached hydrogen (secondary N) is 1. The lowest BCUT2D eigenvalue weighted by molar-refractivity contribution is -0.141. The summed E-state index contributed by atoms with van der Waals surface area (Å²) < 4.78 is 0. The number of rotatable bonds is 2. The molecule has 12 heavy (non-hydrogen) atoms. The van der Waals surface area contributed by atoms with Crippen LogP contribution < -0.4 is 5.32 Å². The van der Waals surface area contributed by atoms with E-state index in [0.717, 1.165) is 0 Å². The molecule has 0 bridgehead atoms. The van der Waals surface area contributed by atoms with Crippen LogP contribution in [0.25, 0.3) is 0 Å². The molecule has 0 aromatic rings. The molecule has 2 atom stereocenters. The zero-order valence-corrected chi connectivity index (χ0v) is 7.00. The Hall–Kier alpha value is -0.750. The minimum absolute atomic E-state index is 0.430. The highest BCUT2D eigenvalue weighted by Gasteiger charge is 2.30. The number of carboxylic acid groups (broad SMARTS) is 2. The van der Waals surface area contributed by atoms with Crippen molar-refractivity contribution in [2.75, 3.05) is 11.5 Å². The fraction of sp³-hybridized carbons (Fsp3) is 0.667. The standard InChI is InChI=1S/C6H9NO4S/c8-5(9)3-1-12-2-4(7-3)6(10)11/h3-4,7H,1-2H2,(H,8,9)(H,10,11)/t3-,4-/m0/s1. The van der Waals surface area contributed by atoms with E-state index in [1.165, 1.54) is 11.8 Å². The molecule has 1 rings (SSSR count). The van der Waals surface area contributed by atoms with Gasteiger partial charge in [0, 0.05) is 11.5 Å². The lowest BCUT2D eigenvalue weighted by Crippen LogP contribution is -2.52. The molecule has 0 aromatic carbocycles. The average Bonchev–Trinajstić information content (AvgIpc) is 2.04. The van der Waals surface area contributed by atoms with Crippen LogP contribution in [0, 0.1) is 0 Å². The number of aliphatic carboxylic acids is 2. The third kappa shape index (κ3) is 2.12. The van der Waals surface area contributed by atoms with Crippen molar-refractivity contribution in [3.8, 4) is 0 Å². The second kappa shape index (κ2) is 3.77. The molecular weight excluding hydrogens is 182 g/mol. The molecule has 6 heteroatoms. The van der Waals surface area contributed by atoms with Crippen LogP contribution in [-0.2, 0) is 9.59 Å². The molecule has 1 heterocycles. The summed E-state index contributed by atoms with van der Waals surface area (Å²) in [4.78, 5) is 20.9. The van der Waals surface area contributed by atoms with Crippen molar-refractivity contribution in [1.29, 1.82) is 0 Å². The van der Waals surface area contributed by atoms with Gasteiger partial charge in [0.2, 0.25) is 0 Å². The first-order valence-corrected chi connectivity index (χ1v) is 4.56. The summed E-state index contributed by atoms with van der Waals surface area (Å²) in [6, 6.07) is -1.46. The first kappa shape index (κ1) is 9.34. The van der Waals surface area contributed by atoms with E-state index < -0.39 is 24.0 Å². The average molecular weight is 191 g/mol. The highest BCUT2D eigenvalue weighted by Crippen LogP contribution is 2.12. The number of carbonyl (C=O) groups is 2. The van der Waals surface area contributed by atoms with E-state index in [-0.39, 0.29) is 0 Å². The lowest BCUT2D eigenvalue weighted by atomic mass is 10.2. The topological polar surface area (TPSA) is 86.6 Å². The monoisotopic (exact) mass is 191 g/mol. The summed E-state index contributed by atoms with van der Waals surface area (Å²) in [5, 5.41) is 19.7. The molecule has 1 saturated heterocycles. The van der Waals surface area contributed by atoms with Crippen molar-refractivity contribution in [3.05, 3.63) is 0 Å². The zero-order chi connectivity index (χ0) is 9.14. The lowest BCUT2D eigenvalue weighted by Gasteiger charge is -2.24. The van der Waals surface area contributed by atoms with Crippen LogP contribution in [0.4, 0.5) is 0 Å². The number of hydrogen-bond acceptors (Lipinski definition) is 4. The summed E-state index contributed by atoms with van der Waals surface area (Å²) in [5.41, 5.74) is 0. The molecule has 0 radical (unpaired) electrons. The predicted molar refractivity (Wildman–Crippen MR) is 43.3 cm³/mol. The van der Waals surface area contributed by atoms with Crippen LogP contribution in [0.3, 0.4) is 0 Å². The number of carboxylic acids is 2. The Morgan fingerprint density at radius 1 is 1.17 bits per heavy atom. The SMILES string of the molecule is O=C(O)[C@@H]1CSC[C@@H](C(=O)O)N1. The van der Waals surface area contributed by atoms with E-state index in [9.17, 15) is 9.59 Å². The third-order valence-electron chi connectivity index (χ3n) is 1.57. The van der Waals surface area contributed by atoms with Gasteiger partial charge in [-0.05, 0) is 0 Å². The maximum Gasteiger partial charge on any atom is 0.321 e. The summed E-state index contributed by atoms with van der Waals surface area (Å²) in [5.74, 6) is -1.12. The minimum atomic E-state index is -0.992. The summed E-state index contributed by atoms with van der Waals surface area (Å²) >= 11 is 1.34. The quantitative estimate of drug-likeness (QED) is 0.531. The molecule has 1 aliphatic heterocycles. The van der Waals surface area contributed by atoms with E-state index >= 15 is 0 Å². The van der Waals surface area contributed by atoms with Crippen LogP contribution in [0.2, 0.25) is 0 Å². The fourth-order valence-corrected chi connectivity index (χ4v) is 2.01. The van der Waals surface area contributed by atoms with E-state index in [0.29, 0.717) is 11.5 Å². The summed E-state index contributed by atoms with van der Waals surface area (Å²) in [7, 11) is 0. The smallest absolute Gasteiger partial charge is 0.321 e. The molecule has 5 nitrogen and oxygen atoms in total. The Bertz CT molecular complexity index is 188. The Labute approximate surface area is 73.1 Å². The molecule has 0 amide bonds. The van der Waals surface area contributed by atoms with E-state index in [4.69, 9.17) is 10.2 Å². The molecule has 3 N–H and O–H groups in total. The maximum atomic E-state index is 10.5. The molecule has 1 aliphatic rings. The van der Waals surface area contributed by atoms with Gasteiger partial charge in [-0.2, -0.15) is 11.8 Å². The van der Waals surface area contributed by atoms with Crippen LogP contribution in [0.5, 0.6) is 0 Å². The van der Waals surface area contributed by atoms with Crippen molar-refractivity contribution in [2.45, 2.75) is 12.1 Å². The van der Waals surface area contributed by atoms with Gasteiger partial charge in [-0.1, -0.05) is 0 Å². The molecule has 0 saturated carbocycles. The van der Waals surface area contributed by atoms with Crippen LogP contribution >= 0.6 is 11.8 Å². The van der Waals surface area contributed by atoms with Crippen molar-refractivity contribution in [2.24, 2.45) is 0 Å². The predicted octanol–water partition coefficient (Wildman–Crippen LogP) is -0.771. The Morgan fingerprint density at radius 3 is 1.92 bits per heavy atom. The molecule has 0 unspecified atom stereocenters. The van der Waals surface area contributed by atoms with E-state index in [1.807, 2.05) is 0 Å². The Kier molecular flexibility index (Phi) is 2.93. The van der Waals surface area contributed by atoms with E-state index in [1.54, 1.807) is 0 Å². The van der Waals surface area contributed by atoms with Gasteiger partial charge < -0.3 is 10.2 Å². The van der Waals surface area contributed by atoms with Gasteiger partial charge in [-0.25, -0.2) is 0 Å². The van der Waals surface area contributed by atoms with Gasteiger partial charge in [0.25, 0.3) is 0 Å². The minimum Gasteiger partial charge on any atom is -0.480 e. The van der Waals surface area contributed by atoms with Crippen LogP contribution in [0.1, 0.15) is 0 Å². The van der Waals surface area contributed by atoms with Gasteiger partial charge in [0.1, 0.15) is 12.1 Å². The van der Waals surface area contributed by atoms with E-state index in [2.05, 4.69) is 5.32 Å². The highest BCUT2D eigenvalue weighted by atomic mass is 32.2. The van der Waals surface area contributed by atoms with Gasteiger partial charge in [0.15, 0.2) is 0 Å². The van der Waals surface area contributed by atoms with Crippen LogP contribution in [-0.4, -0.2) is 45.7 Å². The Morgan fingerprint density at radius 2 is 1.58 bits per heavy atom. The molecule has 0 aromatic heterocycles. The van der Waals surface area contributed by atoms with Gasteiger partial charge in [-0.3, -0.25) is 14.9 Å². The Balaban J connectivity index is 2.51. The molecule has 0 aliphatic carbocycles. The van der Waals surface area contributed by atoms with Crippen LogP contribution in [0.15, 0.2) is 0 Å². The van der Waals surface area contributed by atoms with Crippen molar-refractivity contribution < 1.29 is 19.8 Å². The first-order valence-electron chi connectivity index (χ1n) is 3.40. The number of thioether (sulfide) groups is 1. The summed E-state index contributed by atoms with van der Waals surface area (Å²) in [6.07, 6.45) is 0. The van der Waals surface area contributed by atoms with Gasteiger partial charge >= 0.3 is 11.9 Å². The third-order valence-corrected chi connectivity index (χ3v) is 2.71. The largest absolute Gasteiger partial charge is 0.480 e. The normalized spacial score (nSPS) is 29.7. The second-order valence-electron chi connectivity index (χ2n) is 2.49. The zero-order valence-electron chi connectivity index (χ0n) is 6.19. The van der Waals surface area contributed by atoms with Crippen molar-refractivity contribution in [1.82, 2.24) is 5.32 Å². The first-order chi connectivity index (χ1) is 5.61. The summed E-state index contributed by atoms with van der Waals surface area (Å²) in [6.45, 7) is 0. The molecule has 1 fully saturated rings. The molecule has 0 spiro atoms. The van der Waals surface area contributed by atoms with Gasteiger partial charge in [-0.15, -0.1) is 0 Å². The van der Waals surface area contributed by atoms with Crippen molar-refractivity contribution in [3.63, 3.8) is 0 Å². The maximum absolute atomic E-state index is 10.5. The van der Waals surface area contributed by atoms with Gasteiger partial charge in [0.05, 0.1) is 0 Å².